The molecule has 1 aromatic heterocycles. The molecule has 0 radical (unpaired) electrons. The van der Waals surface area contributed by atoms with Gasteiger partial charge in [-0.15, -0.1) is 0 Å². The third-order valence-electron chi connectivity index (χ3n) is 7.44. The van der Waals surface area contributed by atoms with Gasteiger partial charge in [-0.25, -0.2) is 4.98 Å². The number of aromatic nitrogens is 2. The average molecular weight is 587 g/mol. The van der Waals surface area contributed by atoms with Crippen LogP contribution < -0.4 is 25.2 Å². The van der Waals surface area contributed by atoms with E-state index < -0.39 is 0 Å². The molecule has 5 rings (SSSR count). The maximum atomic E-state index is 13.1. The first-order valence-electron chi connectivity index (χ1n) is 14.5. The van der Waals surface area contributed by atoms with Crippen LogP contribution in [0, 0.1) is 5.92 Å². The summed E-state index contributed by atoms with van der Waals surface area (Å²) in [5, 5.41) is 6.74. The van der Waals surface area contributed by atoms with E-state index in [1.54, 1.807) is 11.1 Å². The van der Waals surface area contributed by atoms with Gasteiger partial charge in [0, 0.05) is 44.2 Å². The Bertz CT molecular complexity index is 1240. The predicted octanol–water partition coefficient (Wildman–Crippen LogP) is 3.71. The average Bonchev–Trinajstić information content (AvgIpc) is 2.96. The minimum absolute atomic E-state index is 0.0368. The minimum atomic E-state index is -0.0368. The summed E-state index contributed by atoms with van der Waals surface area (Å²) in [5.74, 6) is 2.22. The van der Waals surface area contributed by atoms with Crippen molar-refractivity contribution in [2.45, 2.75) is 52.0 Å². The molecule has 1 saturated heterocycles. The minimum Gasteiger partial charge on any atom is -0.489 e. The van der Waals surface area contributed by atoms with E-state index in [1.165, 1.54) is 0 Å². The number of carbonyl (C=O) groups is 2. The van der Waals surface area contributed by atoms with Gasteiger partial charge in [0.1, 0.15) is 17.4 Å². The predicted molar refractivity (Wildman–Crippen MR) is 157 cm³/mol. The topological polar surface area (TPSA) is 118 Å². The fourth-order valence-electron chi connectivity index (χ4n) is 5.26. The second kappa shape index (κ2) is 13.7. The number of aryl methyl sites for hydroxylation is 1. The lowest BCUT2D eigenvalue weighted by Crippen LogP contribution is -2.49. The van der Waals surface area contributed by atoms with E-state index in [0.29, 0.717) is 107 Å². The third kappa shape index (κ3) is 7.38. The van der Waals surface area contributed by atoms with Crippen molar-refractivity contribution in [3.63, 3.8) is 0 Å². The molecule has 1 atom stereocenters. The number of rotatable bonds is 7. The molecule has 12 heteroatoms. The third-order valence-corrected chi connectivity index (χ3v) is 7.71. The Kier molecular flexibility index (Phi) is 9.79. The van der Waals surface area contributed by atoms with Crippen LogP contribution in [0.15, 0.2) is 18.3 Å². The molecule has 4 bridgehead atoms. The van der Waals surface area contributed by atoms with Gasteiger partial charge in [-0.2, -0.15) is 4.98 Å². The van der Waals surface area contributed by atoms with Crippen LogP contribution in [-0.4, -0.2) is 80.5 Å². The molecule has 222 valence electrons. The van der Waals surface area contributed by atoms with Gasteiger partial charge in [0.15, 0.2) is 5.82 Å². The molecule has 3 aliphatic rings. The Morgan fingerprint density at radius 1 is 1.20 bits per heavy atom. The number of anilines is 4. The summed E-state index contributed by atoms with van der Waals surface area (Å²) in [5.41, 5.74) is 2.53. The number of amides is 2. The molecule has 1 aromatic carbocycles. The number of fused-ring (bicyclic) bond motifs is 8. The van der Waals surface area contributed by atoms with Crippen LogP contribution in [0.3, 0.4) is 0 Å². The van der Waals surface area contributed by atoms with E-state index in [2.05, 4.69) is 34.4 Å². The lowest BCUT2D eigenvalue weighted by molar-refractivity contribution is -0.121. The fourth-order valence-corrected chi connectivity index (χ4v) is 5.40. The molecular formula is C29H39ClN6O5. The Balaban J connectivity index is 1.37. The van der Waals surface area contributed by atoms with Crippen molar-refractivity contribution in [1.82, 2.24) is 15.3 Å². The number of nitrogens with zero attached hydrogens (tertiary/aromatic N) is 4. The van der Waals surface area contributed by atoms with Crippen molar-refractivity contribution >= 4 is 46.6 Å². The van der Waals surface area contributed by atoms with Crippen LogP contribution in [0.4, 0.5) is 23.1 Å². The van der Waals surface area contributed by atoms with Gasteiger partial charge >= 0.3 is 0 Å². The molecule has 3 aliphatic heterocycles. The molecule has 2 amide bonds. The van der Waals surface area contributed by atoms with Gasteiger partial charge < -0.3 is 34.6 Å². The van der Waals surface area contributed by atoms with Gasteiger partial charge in [0.2, 0.25) is 17.8 Å². The van der Waals surface area contributed by atoms with Gasteiger partial charge in [0.25, 0.3) is 0 Å². The summed E-state index contributed by atoms with van der Waals surface area (Å²) < 4.78 is 17.9. The van der Waals surface area contributed by atoms with Crippen LogP contribution in [0.5, 0.6) is 5.75 Å². The highest BCUT2D eigenvalue weighted by molar-refractivity contribution is 6.32. The molecule has 41 heavy (non-hydrogen) atoms. The van der Waals surface area contributed by atoms with Crippen molar-refractivity contribution in [1.29, 1.82) is 0 Å². The van der Waals surface area contributed by atoms with Gasteiger partial charge in [-0.05, 0) is 36.8 Å². The van der Waals surface area contributed by atoms with E-state index in [-0.39, 0.29) is 17.9 Å². The summed E-state index contributed by atoms with van der Waals surface area (Å²) in [6, 6.07) is 3.86. The molecule has 11 nitrogen and oxygen atoms in total. The van der Waals surface area contributed by atoms with Crippen LogP contribution in [0.25, 0.3) is 0 Å². The van der Waals surface area contributed by atoms with Crippen molar-refractivity contribution in [3.8, 4) is 5.75 Å². The van der Waals surface area contributed by atoms with E-state index in [0.717, 1.165) is 23.4 Å². The summed E-state index contributed by atoms with van der Waals surface area (Å²) in [7, 11) is 0. The molecular weight excluding hydrogens is 548 g/mol. The molecule has 2 N–H and O–H groups in total. The zero-order valence-electron chi connectivity index (χ0n) is 23.8. The molecule has 0 spiro atoms. The second-order valence-corrected chi connectivity index (χ2v) is 11.4. The Hall–Kier alpha value is -3.15. The maximum absolute atomic E-state index is 13.1. The normalized spacial score (nSPS) is 19.0. The highest BCUT2D eigenvalue weighted by atomic mass is 35.5. The zero-order chi connectivity index (χ0) is 28.8. The Labute approximate surface area is 245 Å². The lowest BCUT2D eigenvalue weighted by Gasteiger charge is -2.35. The number of hydrogen-bond acceptors (Lipinski definition) is 9. The highest BCUT2D eigenvalue weighted by Gasteiger charge is 2.30. The van der Waals surface area contributed by atoms with Crippen LogP contribution >= 0.6 is 11.6 Å². The Morgan fingerprint density at radius 3 is 2.85 bits per heavy atom. The van der Waals surface area contributed by atoms with Crippen molar-refractivity contribution < 1.29 is 23.8 Å². The maximum Gasteiger partial charge on any atom is 0.227 e. The molecule has 2 aromatic rings. The number of carbonyl (C=O) groups excluding carboxylic acids is 2. The first-order valence-corrected chi connectivity index (χ1v) is 14.9. The molecule has 0 saturated carbocycles. The first kappa shape index (κ1) is 29.3. The smallest absolute Gasteiger partial charge is 0.227 e. The molecule has 1 fully saturated rings. The summed E-state index contributed by atoms with van der Waals surface area (Å²) in [6.07, 6.45) is 4.61. The number of nitrogens with one attached hydrogen (secondary N) is 2. The van der Waals surface area contributed by atoms with E-state index in [1.807, 2.05) is 12.1 Å². The summed E-state index contributed by atoms with van der Waals surface area (Å²) >= 11 is 6.51. The molecule has 0 unspecified atom stereocenters. The second-order valence-electron chi connectivity index (χ2n) is 11.0. The molecule has 0 aliphatic carbocycles. The number of hydrogen-bond donors (Lipinski definition) is 2. The van der Waals surface area contributed by atoms with Gasteiger partial charge in [-0.3, -0.25) is 9.59 Å². The number of halogens is 1. The van der Waals surface area contributed by atoms with Gasteiger partial charge in [-0.1, -0.05) is 25.4 Å². The Morgan fingerprint density at radius 2 is 2.02 bits per heavy atom. The van der Waals surface area contributed by atoms with E-state index in [4.69, 9.17) is 30.8 Å². The van der Waals surface area contributed by atoms with Crippen molar-refractivity contribution in [3.05, 3.63) is 28.9 Å². The number of benzene rings is 1. The first-order chi connectivity index (χ1) is 19.9. The fraction of sp³-hybridized carbons (Fsp3) is 0.586. The number of ether oxygens (including phenoxy) is 3. The summed E-state index contributed by atoms with van der Waals surface area (Å²) in [6.45, 7) is 8.08. The van der Waals surface area contributed by atoms with E-state index in [9.17, 15) is 9.59 Å². The zero-order valence-corrected chi connectivity index (χ0v) is 24.5. The highest BCUT2D eigenvalue weighted by Crippen LogP contribution is 2.41. The van der Waals surface area contributed by atoms with Gasteiger partial charge in [0.05, 0.1) is 44.4 Å². The largest absolute Gasteiger partial charge is 0.489 e. The standard InChI is InChI=1S/C29H39ClN6O5/c1-19(2)4-6-25(37)31-8-3-9-36-26(38)7-5-20-14-21-15-24(27(20)36)41-13-12-40-18-22-17-39-11-10-35(22)29-32-16-23(30)28(33-21)34-29/h14-16,19,22H,3-13,17-18H2,1-2H3,(H,31,37)(H,32,33,34)/t22-/m1/s1. The van der Waals surface area contributed by atoms with Crippen molar-refractivity contribution in [2.24, 2.45) is 5.92 Å². The SMILES string of the molecule is CC(C)CCC(=O)NCCCN1C(=O)CCc2cc3cc(c21)OCCOC[C@H]1COCCN1c1ncc(Cl)c(n1)N3. The number of morpholine rings is 1. The lowest BCUT2D eigenvalue weighted by atomic mass is 9.99. The summed E-state index contributed by atoms with van der Waals surface area (Å²) in [4.78, 5) is 38.3. The van der Waals surface area contributed by atoms with Crippen LogP contribution in [0.2, 0.25) is 5.02 Å². The molecule has 4 heterocycles. The van der Waals surface area contributed by atoms with Crippen molar-refractivity contribution in [2.75, 3.05) is 67.8 Å². The monoisotopic (exact) mass is 586 g/mol. The van der Waals surface area contributed by atoms with E-state index >= 15 is 0 Å². The van der Waals surface area contributed by atoms with Crippen LogP contribution in [-0.2, 0) is 25.5 Å². The quantitative estimate of drug-likeness (QED) is 0.468. The van der Waals surface area contributed by atoms with Crippen LogP contribution in [0.1, 0.15) is 45.1 Å².